The highest BCUT2D eigenvalue weighted by atomic mass is 32.2. The highest BCUT2D eigenvalue weighted by Gasteiger charge is 2.23. The van der Waals surface area contributed by atoms with Gasteiger partial charge in [0.25, 0.3) is 0 Å². The van der Waals surface area contributed by atoms with Crippen molar-refractivity contribution in [1.29, 1.82) is 0 Å². The fourth-order valence-corrected chi connectivity index (χ4v) is 2.27. The van der Waals surface area contributed by atoms with Crippen molar-refractivity contribution < 1.29 is 4.79 Å². The number of thioether (sulfide) groups is 1. The number of carbonyl (C=O) groups excluding carboxylic acids is 1. The van der Waals surface area contributed by atoms with Crippen LogP contribution in [0.15, 0.2) is 0 Å². The molecule has 1 aliphatic rings. The average molecular weight is 216 g/mol. The molecule has 1 aliphatic carbocycles. The summed E-state index contributed by atoms with van der Waals surface area (Å²) in [4.78, 5) is 10.9. The van der Waals surface area contributed by atoms with E-state index in [2.05, 4.69) is 11.6 Å². The van der Waals surface area contributed by atoms with Gasteiger partial charge in [0.05, 0.1) is 0 Å². The Morgan fingerprint density at radius 2 is 2.07 bits per heavy atom. The Hall–Kier alpha value is -0.220. The number of hydrogen-bond donors (Lipinski definition) is 2. The first-order valence-corrected chi connectivity index (χ1v) is 6.65. The molecule has 0 aromatic heterocycles. The monoisotopic (exact) mass is 216 g/mol. The molecule has 0 aromatic carbocycles. The molecule has 0 bridgehead atoms. The standard InChI is InChI=1S/C10H20N2OS/c1-14-7-6-12-9-4-2-8(3-5-9)10(11)13/h8-9,12H,2-7H2,1H3,(H2,11,13). The molecule has 1 fully saturated rings. The van der Waals surface area contributed by atoms with Crippen LogP contribution in [0.5, 0.6) is 0 Å². The van der Waals surface area contributed by atoms with Crippen LogP contribution in [-0.2, 0) is 4.79 Å². The third kappa shape index (κ3) is 3.88. The summed E-state index contributed by atoms with van der Waals surface area (Å²) < 4.78 is 0. The van der Waals surface area contributed by atoms with Crippen LogP contribution < -0.4 is 11.1 Å². The van der Waals surface area contributed by atoms with E-state index in [1.807, 2.05) is 11.8 Å². The molecule has 82 valence electrons. The van der Waals surface area contributed by atoms with Crippen LogP contribution >= 0.6 is 11.8 Å². The predicted molar refractivity (Wildman–Crippen MR) is 61.3 cm³/mol. The summed E-state index contributed by atoms with van der Waals surface area (Å²) in [6.07, 6.45) is 6.24. The summed E-state index contributed by atoms with van der Waals surface area (Å²) in [5.41, 5.74) is 5.27. The van der Waals surface area contributed by atoms with Gasteiger partial charge < -0.3 is 11.1 Å². The number of nitrogens with one attached hydrogen (secondary N) is 1. The lowest BCUT2D eigenvalue weighted by molar-refractivity contribution is -0.122. The molecule has 1 saturated carbocycles. The van der Waals surface area contributed by atoms with Gasteiger partial charge >= 0.3 is 0 Å². The van der Waals surface area contributed by atoms with Crippen molar-refractivity contribution in [3.05, 3.63) is 0 Å². The zero-order valence-corrected chi connectivity index (χ0v) is 9.61. The minimum atomic E-state index is -0.118. The Balaban J connectivity index is 2.12. The van der Waals surface area contributed by atoms with Crippen LogP contribution in [-0.4, -0.2) is 30.5 Å². The lowest BCUT2D eigenvalue weighted by Gasteiger charge is -2.27. The first kappa shape index (κ1) is 11.9. The maximum absolute atomic E-state index is 10.9. The smallest absolute Gasteiger partial charge is 0.220 e. The second-order valence-corrected chi connectivity index (χ2v) is 4.88. The Labute approximate surface area is 90.2 Å². The fourth-order valence-electron chi connectivity index (χ4n) is 1.95. The van der Waals surface area contributed by atoms with Crippen molar-refractivity contribution in [3.63, 3.8) is 0 Å². The zero-order chi connectivity index (χ0) is 10.4. The largest absolute Gasteiger partial charge is 0.369 e. The first-order valence-electron chi connectivity index (χ1n) is 5.25. The summed E-state index contributed by atoms with van der Waals surface area (Å²) in [6.45, 7) is 1.08. The van der Waals surface area contributed by atoms with Gasteiger partial charge in [-0.2, -0.15) is 11.8 Å². The molecule has 4 heteroatoms. The van der Waals surface area contributed by atoms with Gasteiger partial charge in [-0.1, -0.05) is 0 Å². The second-order valence-electron chi connectivity index (χ2n) is 3.90. The molecule has 3 nitrogen and oxygen atoms in total. The molecular formula is C10H20N2OS. The van der Waals surface area contributed by atoms with E-state index < -0.39 is 0 Å². The Bertz CT molecular complexity index is 179. The van der Waals surface area contributed by atoms with Crippen molar-refractivity contribution >= 4 is 17.7 Å². The lowest BCUT2D eigenvalue weighted by atomic mass is 9.86. The van der Waals surface area contributed by atoms with Crippen molar-refractivity contribution in [2.75, 3.05) is 18.6 Å². The molecule has 1 amide bonds. The summed E-state index contributed by atoms with van der Waals surface area (Å²) in [7, 11) is 0. The minimum Gasteiger partial charge on any atom is -0.369 e. The molecular weight excluding hydrogens is 196 g/mol. The fraction of sp³-hybridized carbons (Fsp3) is 0.900. The van der Waals surface area contributed by atoms with Gasteiger partial charge in [0, 0.05) is 24.3 Å². The van der Waals surface area contributed by atoms with Crippen molar-refractivity contribution in [3.8, 4) is 0 Å². The first-order chi connectivity index (χ1) is 6.74. The third-order valence-electron chi connectivity index (χ3n) is 2.87. The minimum absolute atomic E-state index is 0.118. The summed E-state index contributed by atoms with van der Waals surface area (Å²) in [5.74, 6) is 1.18. The van der Waals surface area contributed by atoms with Gasteiger partial charge in [0.1, 0.15) is 0 Å². The Morgan fingerprint density at radius 3 is 2.57 bits per heavy atom. The van der Waals surface area contributed by atoms with E-state index in [0.717, 1.165) is 38.0 Å². The molecule has 14 heavy (non-hydrogen) atoms. The molecule has 3 N–H and O–H groups in total. The van der Waals surface area contributed by atoms with Crippen molar-refractivity contribution in [1.82, 2.24) is 5.32 Å². The van der Waals surface area contributed by atoms with Gasteiger partial charge in [-0.15, -0.1) is 0 Å². The van der Waals surface area contributed by atoms with Gasteiger partial charge in [0.2, 0.25) is 5.91 Å². The van der Waals surface area contributed by atoms with Crippen LogP contribution in [0.25, 0.3) is 0 Å². The highest BCUT2D eigenvalue weighted by Crippen LogP contribution is 2.23. The number of hydrogen-bond acceptors (Lipinski definition) is 3. The highest BCUT2D eigenvalue weighted by molar-refractivity contribution is 7.98. The van der Waals surface area contributed by atoms with E-state index in [4.69, 9.17) is 5.73 Å². The molecule has 0 unspecified atom stereocenters. The number of rotatable bonds is 5. The van der Waals surface area contributed by atoms with Gasteiger partial charge in [0.15, 0.2) is 0 Å². The Kier molecular flexibility index (Phi) is 5.33. The molecule has 0 spiro atoms. The van der Waals surface area contributed by atoms with E-state index >= 15 is 0 Å². The normalized spacial score (nSPS) is 27.5. The summed E-state index contributed by atoms with van der Waals surface area (Å²) >= 11 is 1.86. The van der Waals surface area contributed by atoms with E-state index in [1.165, 1.54) is 0 Å². The van der Waals surface area contributed by atoms with E-state index in [1.54, 1.807) is 0 Å². The SMILES string of the molecule is CSCCNC1CCC(C(N)=O)CC1. The lowest BCUT2D eigenvalue weighted by Crippen LogP contribution is -2.37. The number of nitrogens with two attached hydrogens (primary N) is 1. The third-order valence-corrected chi connectivity index (χ3v) is 3.48. The van der Waals surface area contributed by atoms with Crippen LogP contribution in [0.1, 0.15) is 25.7 Å². The van der Waals surface area contributed by atoms with Crippen LogP contribution in [0.2, 0.25) is 0 Å². The number of amides is 1. The van der Waals surface area contributed by atoms with Gasteiger partial charge in [-0.25, -0.2) is 0 Å². The molecule has 0 saturated heterocycles. The number of primary amides is 1. The predicted octanol–water partition coefficient (Wildman–Crippen LogP) is 0.983. The molecule has 0 heterocycles. The molecule has 0 radical (unpaired) electrons. The summed E-state index contributed by atoms with van der Waals surface area (Å²) in [5, 5.41) is 3.51. The number of carbonyl (C=O) groups is 1. The zero-order valence-electron chi connectivity index (χ0n) is 8.79. The van der Waals surface area contributed by atoms with Crippen LogP contribution in [0, 0.1) is 5.92 Å². The second kappa shape index (κ2) is 6.30. The Morgan fingerprint density at radius 1 is 1.43 bits per heavy atom. The van der Waals surface area contributed by atoms with Gasteiger partial charge in [-0.3, -0.25) is 4.79 Å². The van der Waals surface area contributed by atoms with Crippen LogP contribution in [0.4, 0.5) is 0 Å². The van der Waals surface area contributed by atoms with Crippen LogP contribution in [0.3, 0.4) is 0 Å². The van der Waals surface area contributed by atoms with E-state index in [0.29, 0.717) is 6.04 Å². The maximum atomic E-state index is 10.9. The molecule has 0 aromatic rings. The van der Waals surface area contributed by atoms with E-state index in [-0.39, 0.29) is 11.8 Å². The van der Waals surface area contributed by atoms with Gasteiger partial charge in [-0.05, 0) is 31.9 Å². The quantitative estimate of drug-likeness (QED) is 0.674. The molecule has 0 aliphatic heterocycles. The maximum Gasteiger partial charge on any atom is 0.220 e. The molecule has 1 rings (SSSR count). The summed E-state index contributed by atoms with van der Waals surface area (Å²) in [6, 6.07) is 0.609. The average Bonchev–Trinajstić information content (AvgIpc) is 2.19. The molecule has 0 atom stereocenters. The van der Waals surface area contributed by atoms with Crippen molar-refractivity contribution in [2.45, 2.75) is 31.7 Å². The van der Waals surface area contributed by atoms with Crippen molar-refractivity contribution in [2.24, 2.45) is 11.7 Å². The topological polar surface area (TPSA) is 55.1 Å². The van der Waals surface area contributed by atoms with E-state index in [9.17, 15) is 4.79 Å².